The van der Waals surface area contributed by atoms with Crippen LogP contribution in [0.3, 0.4) is 0 Å². The Morgan fingerprint density at radius 3 is 2.80 bits per heavy atom. The Morgan fingerprint density at radius 1 is 1.24 bits per heavy atom. The van der Waals surface area contributed by atoms with Gasteiger partial charge in [-0.05, 0) is 49.7 Å². The van der Waals surface area contributed by atoms with Crippen LogP contribution in [0.4, 0.5) is 5.69 Å². The fraction of sp³-hybridized carbons (Fsp3) is 0.368. The van der Waals surface area contributed by atoms with Crippen molar-refractivity contribution in [1.29, 1.82) is 0 Å². The molecule has 1 aliphatic rings. The van der Waals surface area contributed by atoms with E-state index in [0.29, 0.717) is 0 Å². The predicted octanol–water partition coefficient (Wildman–Crippen LogP) is 3.95. The van der Waals surface area contributed by atoms with Crippen molar-refractivity contribution >= 4 is 33.0 Å². The molecule has 6 heteroatoms. The molecule has 0 radical (unpaired) electrons. The molecular weight excluding hydrogens is 400 g/mol. The van der Waals surface area contributed by atoms with Gasteiger partial charge in [0.05, 0.1) is 18.8 Å². The zero-order chi connectivity index (χ0) is 18.0. The Morgan fingerprint density at radius 2 is 2.04 bits per heavy atom. The first-order chi connectivity index (χ1) is 12.0. The third-order valence-corrected chi connectivity index (χ3v) is 6.35. The van der Waals surface area contributed by atoms with Gasteiger partial charge in [0.15, 0.2) is 4.90 Å². The van der Waals surface area contributed by atoms with Gasteiger partial charge in [0, 0.05) is 29.3 Å². The molecule has 134 valence electrons. The number of aryl methyl sites for hydroxylation is 1. The van der Waals surface area contributed by atoms with Crippen LogP contribution in [0.1, 0.15) is 29.2 Å². The lowest BCUT2D eigenvalue weighted by molar-refractivity contribution is 0.193. The molecule has 2 aromatic rings. The summed E-state index contributed by atoms with van der Waals surface area (Å²) in [6, 6.07) is 12.4. The van der Waals surface area contributed by atoms with Gasteiger partial charge in [-0.25, -0.2) is 0 Å². The van der Waals surface area contributed by atoms with E-state index in [1.807, 2.05) is 36.5 Å². The number of rotatable bonds is 5. The topological polar surface area (TPSA) is 47.6 Å². The minimum atomic E-state index is -1.23. The number of ether oxygens (including phenoxy) is 1. The maximum Gasteiger partial charge on any atom is 0.185 e. The highest BCUT2D eigenvalue weighted by atomic mass is 79.9. The molecule has 0 spiro atoms. The van der Waals surface area contributed by atoms with E-state index >= 15 is 0 Å². The molecular formula is C19H23BrN2O2S. The second-order valence-corrected chi connectivity index (χ2v) is 8.63. The average Bonchev–Trinajstić information content (AvgIpc) is 2.68. The highest BCUT2D eigenvalue weighted by molar-refractivity contribution is 9.10. The van der Waals surface area contributed by atoms with Gasteiger partial charge in [-0.1, -0.05) is 28.1 Å². The van der Waals surface area contributed by atoms with Crippen molar-refractivity contribution < 1.29 is 9.29 Å². The summed E-state index contributed by atoms with van der Waals surface area (Å²) in [4.78, 5) is 0.874. The van der Waals surface area contributed by atoms with Gasteiger partial charge in [0.1, 0.15) is 11.4 Å². The standard InChI is InChI=1S/C19H23BrN2O2S/c1-13-5-7-15-18(11-13)25(23)22(2)17-8-6-14(20)12-16(17)19(15)21-9-4-10-24-3/h5-8,11-12,19,21H,4,9-10H2,1-3H3. The Bertz CT molecular complexity index is 756. The SMILES string of the molecule is COCCCNC1c2cc(Br)ccc2N(C)[S+]([O-])c2cc(C)ccc21. The lowest BCUT2D eigenvalue weighted by Crippen LogP contribution is -2.26. The Kier molecular flexibility index (Phi) is 6.07. The first-order valence-corrected chi connectivity index (χ1v) is 10.2. The number of benzene rings is 2. The van der Waals surface area contributed by atoms with E-state index in [1.165, 1.54) is 0 Å². The minimum absolute atomic E-state index is 0.00569. The normalized spacial score (nSPS) is 19.3. The van der Waals surface area contributed by atoms with Gasteiger partial charge in [-0.15, -0.1) is 0 Å². The summed E-state index contributed by atoms with van der Waals surface area (Å²) >= 11 is 2.35. The molecule has 0 bridgehead atoms. The number of halogens is 1. The van der Waals surface area contributed by atoms with Gasteiger partial charge in [-0.3, -0.25) is 0 Å². The van der Waals surface area contributed by atoms with E-state index in [1.54, 1.807) is 7.11 Å². The van der Waals surface area contributed by atoms with E-state index in [2.05, 4.69) is 39.4 Å². The van der Waals surface area contributed by atoms with Crippen LogP contribution in [0.2, 0.25) is 0 Å². The molecule has 0 saturated carbocycles. The molecule has 2 atom stereocenters. The third kappa shape index (κ3) is 3.88. The zero-order valence-corrected chi connectivity index (χ0v) is 17.1. The van der Waals surface area contributed by atoms with Gasteiger partial charge in [-0.2, -0.15) is 4.31 Å². The van der Waals surface area contributed by atoms with E-state index < -0.39 is 11.4 Å². The summed E-state index contributed by atoms with van der Waals surface area (Å²) in [6.07, 6.45) is 0.927. The summed E-state index contributed by atoms with van der Waals surface area (Å²) in [5.74, 6) is 0. The van der Waals surface area contributed by atoms with Crippen LogP contribution in [-0.2, 0) is 16.1 Å². The molecule has 1 N–H and O–H groups in total. The predicted molar refractivity (Wildman–Crippen MR) is 106 cm³/mol. The highest BCUT2D eigenvalue weighted by Crippen LogP contribution is 2.41. The molecule has 25 heavy (non-hydrogen) atoms. The molecule has 1 aliphatic heterocycles. The smallest absolute Gasteiger partial charge is 0.185 e. The quantitative estimate of drug-likeness (QED) is 0.585. The summed E-state index contributed by atoms with van der Waals surface area (Å²) in [5, 5.41) is 3.63. The molecule has 4 nitrogen and oxygen atoms in total. The first-order valence-electron chi connectivity index (χ1n) is 8.31. The summed E-state index contributed by atoms with van der Waals surface area (Å²) in [7, 11) is 3.61. The molecule has 0 amide bonds. The maximum atomic E-state index is 13.1. The van der Waals surface area contributed by atoms with Crippen LogP contribution < -0.4 is 9.62 Å². The molecule has 3 rings (SSSR count). The van der Waals surface area contributed by atoms with Crippen molar-refractivity contribution in [3.05, 3.63) is 57.6 Å². The van der Waals surface area contributed by atoms with E-state index in [9.17, 15) is 4.55 Å². The number of fused-ring (bicyclic) bond motifs is 2. The molecule has 0 aromatic heterocycles. The number of nitrogens with one attached hydrogen (secondary N) is 1. The summed E-state index contributed by atoms with van der Waals surface area (Å²) < 4.78 is 21.2. The Balaban J connectivity index is 2.09. The summed E-state index contributed by atoms with van der Waals surface area (Å²) in [6.45, 7) is 3.58. The van der Waals surface area contributed by atoms with Crippen molar-refractivity contribution in [3.63, 3.8) is 0 Å². The van der Waals surface area contributed by atoms with Crippen LogP contribution in [0.15, 0.2) is 45.8 Å². The number of anilines is 1. The van der Waals surface area contributed by atoms with Crippen LogP contribution in [0.25, 0.3) is 0 Å². The number of hydrogen-bond donors (Lipinski definition) is 1. The minimum Gasteiger partial charge on any atom is -0.588 e. The van der Waals surface area contributed by atoms with Crippen LogP contribution in [0, 0.1) is 6.92 Å². The van der Waals surface area contributed by atoms with Gasteiger partial charge in [0.25, 0.3) is 0 Å². The summed E-state index contributed by atoms with van der Waals surface area (Å²) in [5.41, 5.74) is 4.31. The first kappa shape index (κ1) is 18.7. The number of nitrogens with zero attached hydrogens (tertiary/aromatic N) is 1. The molecule has 1 heterocycles. The Hall–Kier alpha value is -1.05. The van der Waals surface area contributed by atoms with Crippen LogP contribution in [-0.4, -0.2) is 31.9 Å². The van der Waals surface area contributed by atoms with Crippen molar-refractivity contribution in [2.75, 3.05) is 31.6 Å². The van der Waals surface area contributed by atoms with Crippen molar-refractivity contribution in [2.24, 2.45) is 0 Å². The lowest BCUT2D eigenvalue weighted by Gasteiger charge is -2.22. The largest absolute Gasteiger partial charge is 0.588 e. The molecule has 2 aromatic carbocycles. The van der Waals surface area contributed by atoms with E-state index in [0.717, 1.165) is 51.3 Å². The van der Waals surface area contributed by atoms with Crippen molar-refractivity contribution in [1.82, 2.24) is 5.32 Å². The van der Waals surface area contributed by atoms with Crippen molar-refractivity contribution in [2.45, 2.75) is 24.3 Å². The van der Waals surface area contributed by atoms with Gasteiger partial charge in [0.2, 0.25) is 0 Å². The highest BCUT2D eigenvalue weighted by Gasteiger charge is 2.34. The maximum absolute atomic E-state index is 13.1. The van der Waals surface area contributed by atoms with Gasteiger partial charge < -0.3 is 14.6 Å². The molecule has 0 aliphatic carbocycles. The van der Waals surface area contributed by atoms with E-state index in [-0.39, 0.29) is 6.04 Å². The Labute approximate surface area is 161 Å². The van der Waals surface area contributed by atoms with Gasteiger partial charge >= 0.3 is 0 Å². The van der Waals surface area contributed by atoms with Crippen LogP contribution in [0.5, 0.6) is 0 Å². The monoisotopic (exact) mass is 422 g/mol. The van der Waals surface area contributed by atoms with E-state index in [4.69, 9.17) is 4.74 Å². The zero-order valence-electron chi connectivity index (χ0n) is 14.7. The lowest BCUT2D eigenvalue weighted by atomic mass is 9.96. The molecule has 2 unspecified atom stereocenters. The fourth-order valence-electron chi connectivity index (χ4n) is 3.16. The number of methoxy groups -OCH3 is 1. The van der Waals surface area contributed by atoms with Crippen molar-refractivity contribution in [3.8, 4) is 0 Å². The molecule has 0 fully saturated rings. The fourth-order valence-corrected chi connectivity index (χ4v) is 4.85. The average molecular weight is 423 g/mol. The van der Waals surface area contributed by atoms with Crippen LogP contribution >= 0.6 is 15.9 Å². The molecule has 0 saturated heterocycles. The second-order valence-electron chi connectivity index (χ2n) is 6.22. The second kappa shape index (κ2) is 8.10. The third-order valence-electron chi connectivity index (χ3n) is 4.43. The number of hydrogen-bond acceptors (Lipinski definition) is 4.